The zero-order chi connectivity index (χ0) is 8.82. The Morgan fingerprint density at radius 1 is 1.25 bits per heavy atom. The number of aliphatic hydroxyl groups is 1. The van der Waals surface area contributed by atoms with Crippen LogP contribution in [0.3, 0.4) is 0 Å². The minimum atomic E-state index is -0.585. The Balaban J connectivity index is 2.07. The van der Waals surface area contributed by atoms with Crippen molar-refractivity contribution >= 4 is 0 Å². The van der Waals surface area contributed by atoms with Crippen molar-refractivity contribution in [2.45, 2.75) is 36.8 Å². The molecule has 2 rings (SSSR count). The molecule has 70 valence electrons. The van der Waals surface area contributed by atoms with Crippen molar-refractivity contribution in [3.05, 3.63) is 0 Å². The number of β-amino-alcohol motifs (C(OH)–C–C–N with tert-alkyl or cyclic N) is 1. The normalized spacial score (nSPS) is 33.2. The van der Waals surface area contributed by atoms with Crippen LogP contribution < -0.4 is 5.73 Å². The first kappa shape index (κ1) is 8.48. The van der Waals surface area contributed by atoms with Gasteiger partial charge in [-0.3, -0.25) is 0 Å². The van der Waals surface area contributed by atoms with Crippen LogP contribution in [0.15, 0.2) is 0 Å². The SMILES string of the molecule is CN1CC(O)(C2(N)CCCC2)C1. The maximum atomic E-state index is 10.2. The summed E-state index contributed by atoms with van der Waals surface area (Å²) in [6.07, 6.45) is 4.36. The molecule has 1 heterocycles. The molecule has 0 aromatic heterocycles. The molecule has 0 spiro atoms. The third-order valence-electron chi connectivity index (χ3n) is 3.49. The lowest BCUT2D eigenvalue weighted by molar-refractivity contribution is -0.135. The van der Waals surface area contributed by atoms with E-state index in [0.717, 1.165) is 25.9 Å². The highest BCUT2D eigenvalue weighted by atomic mass is 16.3. The van der Waals surface area contributed by atoms with E-state index in [0.29, 0.717) is 0 Å². The summed E-state index contributed by atoms with van der Waals surface area (Å²) in [5, 5.41) is 10.2. The Bertz CT molecular complexity index is 181. The van der Waals surface area contributed by atoms with E-state index in [4.69, 9.17) is 5.73 Å². The number of rotatable bonds is 1. The van der Waals surface area contributed by atoms with Crippen LogP contribution in [0.5, 0.6) is 0 Å². The zero-order valence-corrected chi connectivity index (χ0v) is 7.71. The molecule has 0 aromatic rings. The van der Waals surface area contributed by atoms with Gasteiger partial charge in [0.05, 0.1) is 0 Å². The summed E-state index contributed by atoms with van der Waals surface area (Å²) in [5.41, 5.74) is 5.32. The summed E-state index contributed by atoms with van der Waals surface area (Å²) < 4.78 is 0. The van der Waals surface area contributed by atoms with E-state index in [1.807, 2.05) is 7.05 Å². The molecule has 0 amide bonds. The van der Waals surface area contributed by atoms with Crippen LogP contribution in [0.1, 0.15) is 25.7 Å². The lowest BCUT2D eigenvalue weighted by Crippen LogP contribution is -2.74. The van der Waals surface area contributed by atoms with Crippen LogP contribution in [0.2, 0.25) is 0 Å². The Morgan fingerprint density at radius 2 is 1.75 bits per heavy atom. The predicted octanol–water partition coefficient (Wildman–Crippen LogP) is -0.0656. The van der Waals surface area contributed by atoms with Crippen molar-refractivity contribution < 1.29 is 5.11 Å². The van der Waals surface area contributed by atoms with E-state index in [9.17, 15) is 5.11 Å². The van der Waals surface area contributed by atoms with Crippen LogP contribution in [-0.2, 0) is 0 Å². The van der Waals surface area contributed by atoms with E-state index < -0.39 is 5.60 Å². The van der Waals surface area contributed by atoms with E-state index in [-0.39, 0.29) is 5.54 Å². The Kier molecular flexibility index (Phi) is 1.72. The minimum Gasteiger partial charge on any atom is -0.385 e. The van der Waals surface area contributed by atoms with E-state index in [2.05, 4.69) is 4.90 Å². The van der Waals surface area contributed by atoms with Gasteiger partial charge >= 0.3 is 0 Å². The van der Waals surface area contributed by atoms with Crippen LogP contribution in [0.25, 0.3) is 0 Å². The van der Waals surface area contributed by atoms with Crippen LogP contribution in [0.4, 0.5) is 0 Å². The molecule has 0 bridgehead atoms. The molecule has 12 heavy (non-hydrogen) atoms. The summed E-state index contributed by atoms with van der Waals surface area (Å²) in [5.74, 6) is 0. The lowest BCUT2D eigenvalue weighted by Gasteiger charge is -2.53. The second kappa shape index (κ2) is 2.44. The molecular formula is C9H18N2O. The summed E-state index contributed by atoms with van der Waals surface area (Å²) in [7, 11) is 2.02. The highest BCUT2D eigenvalue weighted by molar-refractivity contribution is 5.13. The van der Waals surface area contributed by atoms with Crippen LogP contribution in [0, 0.1) is 0 Å². The van der Waals surface area contributed by atoms with Crippen molar-refractivity contribution in [2.24, 2.45) is 5.73 Å². The van der Waals surface area contributed by atoms with Gasteiger partial charge in [0.1, 0.15) is 5.60 Å². The molecule has 0 unspecified atom stereocenters. The average molecular weight is 170 g/mol. The maximum absolute atomic E-state index is 10.2. The third-order valence-corrected chi connectivity index (χ3v) is 3.49. The number of likely N-dealkylation sites (N-methyl/N-ethyl adjacent to an activating group) is 1. The summed E-state index contributed by atoms with van der Waals surface area (Å²) in [4.78, 5) is 2.12. The fourth-order valence-electron chi connectivity index (χ4n) is 2.63. The van der Waals surface area contributed by atoms with Crippen molar-refractivity contribution in [3.63, 3.8) is 0 Å². The Morgan fingerprint density at radius 3 is 2.17 bits per heavy atom. The van der Waals surface area contributed by atoms with Gasteiger partial charge in [-0.05, 0) is 19.9 Å². The molecule has 1 saturated carbocycles. The monoisotopic (exact) mass is 170 g/mol. The molecule has 3 nitrogen and oxygen atoms in total. The van der Waals surface area contributed by atoms with Gasteiger partial charge in [-0.1, -0.05) is 12.8 Å². The van der Waals surface area contributed by atoms with Gasteiger partial charge in [0.15, 0.2) is 0 Å². The largest absolute Gasteiger partial charge is 0.385 e. The van der Waals surface area contributed by atoms with Crippen LogP contribution >= 0.6 is 0 Å². The highest BCUT2D eigenvalue weighted by Gasteiger charge is 2.54. The zero-order valence-electron chi connectivity index (χ0n) is 7.71. The number of likely N-dealkylation sites (tertiary alicyclic amines) is 1. The minimum absolute atomic E-state index is 0.278. The highest BCUT2D eigenvalue weighted by Crippen LogP contribution is 2.40. The van der Waals surface area contributed by atoms with Gasteiger partial charge in [-0.2, -0.15) is 0 Å². The molecule has 1 aliphatic carbocycles. The first-order valence-electron chi connectivity index (χ1n) is 4.76. The molecule has 0 radical (unpaired) electrons. The van der Waals surface area contributed by atoms with Crippen molar-refractivity contribution in [1.82, 2.24) is 4.90 Å². The predicted molar refractivity (Wildman–Crippen MR) is 47.8 cm³/mol. The average Bonchev–Trinajstić information content (AvgIpc) is 2.34. The first-order chi connectivity index (χ1) is 5.56. The smallest absolute Gasteiger partial charge is 0.108 e. The standard InChI is InChI=1S/C9H18N2O/c1-11-6-9(12,7-11)8(10)4-2-3-5-8/h12H,2-7,10H2,1H3. The molecule has 0 atom stereocenters. The third kappa shape index (κ3) is 1.00. The van der Waals surface area contributed by atoms with Gasteiger partial charge in [0.2, 0.25) is 0 Å². The van der Waals surface area contributed by atoms with Gasteiger partial charge < -0.3 is 15.7 Å². The Hall–Kier alpha value is -0.120. The summed E-state index contributed by atoms with van der Waals surface area (Å²) >= 11 is 0. The summed E-state index contributed by atoms with van der Waals surface area (Å²) in [6, 6.07) is 0. The Labute approximate surface area is 73.5 Å². The van der Waals surface area contributed by atoms with Crippen molar-refractivity contribution in [3.8, 4) is 0 Å². The topological polar surface area (TPSA) is 49.5 Å². The quantitative estimate of drug-likeness (QED) is 0.579. The molecule has 2 fully saturated rings. The molecule has 0 aromatic carbocycles. The van der Waals surface area contributed by atoms with Gasteiger partial charge in [-0.15, -0.1) is 0 Å². The second-order valence-electron chi connectivity index (χ2n) is 4.57. The lowest BCUT2D eigenvalue weighted by atomic mass is 9.74. The fraction of sp³-hybridized carbons (Fsp3) is 1.00. The van der Waals surface area contributed by atoms with Crippen molar-refractivity contribution in [1.29, 1.82) is 0 Å². The van der Waals surface area contributed by atoms with E-state index in [1.54, 1.807) is 0 Å². The van der Waals surface area contributed by atoms with Crippen molar-refractivity contribution in [2.75, 3.05) is 20.1 Å². The number of hydrogen-bond acceptors (Lipinski definition) is 3. The van der Waals surface area contributed by atoms with E-state index in [1.165, 1.54) is 12.8 Å². The molecular weight excluding hydrogens is 152 g/mol. The van der Waals surface area contributed by atoms with Gasteiger partial charge in [0, 0.05) is 18.6 Å². The van der Waals surface area contributed by atoms with Crippen LogP contribution in [-0.4, -0.2) is 41.3 Å². The van der Waals surface area contributed by atoms with E-state index >= 15 is 0 Å². The molecule has 1 saturated heterocycles. The van der Waals surface area contributed by atoms with Gasteiger partial charge in [-0.25, -0.2) is 0 Å². The maximum Gasteiger partial charge on any atom is 0.108 e. The number of nitrogens with zero attached hydrogens (tertiary/aromatic N) is 1. The molecule has 1 aliphatic heterocycles. The molecule has 3 N–H and O–H groups in total. The first-order valence-corrected chi connectivity index (χ1v) is 4.76. The van der Waals surface area contributed by atoms with Gasteiger partial charge in [0.25, 0.3) is 0 Å². The number of nitrogens with two attached hydrogens (primary N) is 1. The fourth-order valence-corrected chi connectivity index (χ4v) is 2.63. The molecule has 3 heteroatoms. The summed E-state index contributed by atoms with van der Waals surface area (Å²) in [6.45, 7) is 1.51. The molecule has 2 aliphatic rings. The second-order valence-corrected chi connectivity index (χ2v) is 4.57. The number of hydrogen-bond donors (Lipinski definition) is 2.